The lowest BCUT2D eigenvalue weighted by atomic mass is 10.1. The highest BCUT2D eigenvalue weighted by Crippen LogP contribution is 2.13. The van der Waals surface area contributed by atoms with Crippen LogP contribution in [-0.2, 0) is 16.0 Å². The molecule has 1 atom stereocenters. The van der Waals surface area contributed by atoms with Gasteiger partial charge >= 0.3 is 0 Å². The second kappa shape index (κ2) is 5.98. The molecule has 1 aliphatic rings. The predicted octanol–water partition coefficient (Wildman–Crippen LogP) is 1.74. The smallest absolute Gasteiger partial charge is 0.227 e. The fourth-order valence-electron chi connectivity index (χ4n) is 1.84. The average Bonchev–Trinajstić information content (AvgIpc) is 2.41. The zero-order chi connectivity index (χ0) is 13.0. The minimum atomic E-state index is -0.493. The Morgan fingerprint density at radius 3 is 2.89 bits per heavy atom. The van der Waals surface area contributed by atoms with Crippen LogP contribution in [0.1, 0.15) is 5.56 Å². The summed E-state index contributed by atoms with van der Waals surface area (Å²) in [4.78, 5) is 13.8. The predicted molar refractivity (Wildman–Crippen MR) is 69.8 cm³/mol. The van der Waals surface area contributed by atoms with Gasteiger partial charge in [-0.2, -0.15) is 5.26 Å². The fourth-order valence-corrected chi connectivity index (χ4v) is 2.11. The van der Waals surface area contributed by atoms with Crippen molar-refractivity contribution in [1.29, 1.82) is 5.26 Å². The van der Waals surface area contributed by atoms with E-state index in [9.17, 15) is 4.79 Å². The summed E-state index contributed by atoms with van der Waals surface area (Å²) < 4.78 is 6.21. The lowest BCUT2D eigenvalue weighted by Crippen LogP contribution is -2.45. The summed E-state index contributed by atoms with van der Waals surface area (Å²) in [7, 11) is 0. The molecule has 5 heteroatoms. The van der Waals surface area contributed by atoms with E-state index in [2.05, 4.69) is 15.9 Å². The van der Waals surface area contributed by atoms with E-state index < -0.39 is 6.10 Å². The van der Waals surface area contributed by atoms with Gasteiger partial charge in [-0.25, -0.2) is 0 Å². The summed E-state index contributed by atoms with van der Waals surface area (Å²) in [6.07, 6.45) is -0.126. The van der Waals surface area contributed by atoms with Crippen LogP contribution in [0.3, 0.4) is 0 Å². The van der Waals surface area contributed by atoms with E-state index in [1.807, 2.05) is 30.3 Å². The Kier molecular flexibility index (Phi) is 4.34. The van der Waals surface area contributed by atoms with Gasteiger partial charge < -0.3 is 9.64 Å². The normalized spacial score (nSPS) is 19.3. The van der Waals surface area contributed by atoms with Crippen molar-refractivity contribution in [3.05, 3.63) is 34.3 Å². The van der Waals surface area contributed by atoms with Crippen LogP contribution in [0.2, 0.25) is 0 Å². The summed E-state index contributed by atoms with van der Waals surface area (Å²) in [6, 6.07) is 9.71. The Bertz CT molecular complexity index is 467. The van der Waals surface area contributed by atoms with Crippen LogP contribution in [0.4, 0.5) is 0 Å². The molecule has 1 heterocycles. The van der Waals surface area contributed by atoms with Crippen molar-refractivity contribution in [2.24, 2.45) is 0 Å². The van der Waals surface area contributed by atoms with Gasteiger partial charge in [-0.15, -0.1) is 0 Å². The van der Waals surface area contributed by atoms with Crippen LogP contribution in [-0.4, -0.2) is 36.6 Å². The van der Waals surface area contributed by atoms with Crippen LogP contribution in [0.5, 0.6) is 0 Å². The van der Waals surface area contributed by atoms with Gasteiger partial charge in [-0.1, -0.05) is 28.1 Å². The molecule has 0 N–H and O–H groups in total. The first-order valence-electron chi connectivity index (χ1n) is 5.72. The quantitative estimate of drug-likeness (QED) is 0.836. The number of carbonyl (C=O) groups is 1. The van der Waals surface area contributed by atoms with Crippen molar-refractivity contribution in [2.75, 3.05) is 19.7 Å². The standard InChI is InChI=1S/C13H13BrN2O2/c14-11-3-1-10(2-4-11)7-13(17)16-5-6-18-12(8-15)9-16/h1-4,12H,5-7,9H2. The lowest BCUT2D eigenvalue weighted by Gasteiger charge is -2.29. The third-order valence-corrected chi connectivity index (χ3v) is 3.36. The third kappa shape index (κ3) is 3.31. The first-order chi connectivity index (χ1) is 8.69. The van der Waals surface area contributed by atoms with Crippen molar-refractivity contribution in [3.63, 3.8) is 0 Å². The van der Waals surface area contributed by atoms with Crippen molar-refractivity contribution >= 4 is 21.8 Å². The molecule has 2 rings (SSSR count). The van der Waals surface area contributed by atoms with Gasteiger partial charge in [0.25, 0.3) is 0 Å². The molecule has 1 fully saturated rings. The maximum atomic E-state index is 12.1. The molecule has 1 saturated heterocycles. The maximum Gasteiger partial charge on any atom is 0.227 e. The summed E-state index contributed by atoms with van der Waals surface area (Å²) in [5.41, 5.74) is 0.975. The van der Waals surface area contributed by atoms with Crippen LogP contribution < -0.4 is 0 Å². The monoisotopic (exact) mass is 308 g/mol. The Labute approximate surface area is 114 Å². The van der Waals surface area contributed by atoms with Gasteiger partial charge in [0.05, 0.1) is 25.6 Å². The number of rotatable bonds is 2. The molecule has 1 amide bonds. The summed E-state index contributed by atoms with van der Waals surface area (Å²) in [5, 5.41) is 8.79. The lowest BCUT2D eigenvalue weighted by molar-refractivity contribution is -0.136. The molecule has 0 saturated carbocycles. The van der Waals surface area contributed by atoms with Gasteiger partial charge in [-0.05, 0) is 17.7 Å². The highest BCUT2D eigenvalue weighted by atomic mass is 79.9. The zero-order valence-electron chi connectivity index (χ0n) is 9.80. The molecule has 0 aliphatic carbocycles. The summed E-state index contributed by atoms with van der Waals surface area (Å²) in [5.74, 6) is 0.0425. The van der Waals surface area contributed by atoms with E-state index in [4.69, 9.17) is 10.00 Å². The molecule has 94 valence electrons. The minimum absolute atomic E-state index is 0.0425. The molecule has 18 heavy (non-hydrogen) atoms. The van der Waals surface area contributed by atoms with Crippen molar-refractivity contribution in [3.8, 4) is 6.07 Å². The SMILES string of the molecule is N#CC1CN(C(=O)Cc2ccc(Br)cc2)CCO1. The van der Waals surface area contributed by atoms with Crippen molar-refractivity contribution < 1.29 is 9.53 Å². The number of carbonyl (C=O) groups excluding carboxylic acids is 1. The van der Waals surface area contributed by atoms with Crippen LogP contribution >= 0.6 is 15.9 Å². The Hall–Kier alpha value is -1.38. The Balaban J connectivity index is 1.95. The molecule has 0 radical (unpaired) electrons. The van der Waals surface area contributed by atoms with Crippen LogP contribution in [0, 0.1) is 11.3 Å². The van der Waals surface area contributed by atoms with Gasteiger partial charge in [0.2, 0.25) is 5.91 Å². The summed E-state index contributed by atoms with van der Waals surface area (Å²) >= 11 is 3.36. The van der Waals surface area contributed by atoms with E-state index in [1.165, 1.54) is 0 Å². The number of hydrogen-bond acceptors (Lipinski definition) is 3. The molecular formula is C13H13BrN2O2. The number of nitriles is 1. The second-order valence-corrected chi connectivity index (χ2v) is 5.05. The van der Waals surface area contributed by atoms with E-state index >= 15 is 0 Å². The molecule has 1 aliphatic heterocycles. The van der Waals surface area contributed by atoms with Gasteiger partial charge in [0.15, 0.2) is 6.10 Å². The number of nitrogens with zero attached hydrogens (tertiary/aromatic N) is 2. The highest BCUT2D eigenvalue weighted by molar-refractivity contribution is 9.10. The molecule has 1 aromatic carbocycles. The number of hydrogen-bond donors (Lipinski definition) is 0. The van der Waals surface area contributed by atoms with Crippen LogP contribution in [0.25, 0.3) is 0 Å². The summed E-state index contributed by atoms with van der Waals surface area (Å²) in [6.45, 7) is 1.36. The highest BCUT2D eigenvalue weighted by Gasteiger charge is 2.23. The Morgan fingerprint density at radius 2 is 2.22 bits per heavy atom. The van der Waals surface area contributed by atoms with E-state index in [-0.39, 0.29) is 5.91 Å². The largest absolute Gasteiger partial charge is 0.360 e. The van der Waals surface area contributed by atoms with Gasteiger partial charge in [0.1, 0.15) is 0 Å². The second-order valence-electron chi connectivity index (χ2n) is 4.13. The molecule has 0 aromatic heterocycles. The molecule has 0 bridgehead atoms. The first kappa shape index (κ1) is 13.1. The first-order valence-corrected chi connectivity index (χ1v) is 6.52. The molecule has 1 unspecified atom stereocenters. The zero-order valence-corrected chi connectivity index (χ0v) is 11.4. The average molecular weight is 309 g/mol. The Morgan fingerprint density at radius 1 is 1.50 bits per heavy atom. The number of halogens is 1. The van der Waals surface area contributed by atoms with Crippen molar-refractivity contribution in [2.45, 2.75) is 12.5 Å². The topological polar surface area (TPSA) is 53.3 Å². The number of morpholine rings is 1. The molecule has 1 aromatic rings. The maximum absolute atomic E-state index is 12.1. The van der Waals surface area contributed by atoms with E-state index in [0.29, 0.717) is 26.1 Å². The molecule has 0 spiro atoms. The third-order valence-electron chi connectivity index (χ3n) is 2.83. The van der Waals surface area contributed by atoms with Crippen molar-refractivity contribution in [1.82, 2.24) is 4.90 Å². The molecule has 4 nitrogen and oxygen atoms in total. The molecular weight excluding hydrogens is 296 g/mol. The van der Waals surface area contributed by atoms with E-state index in [1.54, 1.807) is 4.90 Å². The van der Waals surface area contributed by atoms with Crippen LogP contribution in [0.15, 0.2) is 28.7 Å². The number of amides is 1. The van der Waals surface area contributed by atoms with Gasteiger partial charge in [0, 0.05) is 11.0 Å². The van der Waals surface area contributed by atoms with Gasteiger partial charge in [-0.3, -0.25) is 4.79 Å². The number of ether oxygens (including phenoxy) is 1. The minimum Gasteiger partial charge on any atom is -0.360 e. The fraction of sp³-hybridized carbons (Fsp3) is 0.385. The van der Waals surface area contributed by atoms with E-state index in [0.717, 1.165) is 10.0 Å². The number of benzene rings is 1.